The molecule has 1 amide bonds. The number of piperidine rings is 1. The number of halogens is 1. The van der Waals surface area contributed by atoms with Gasteiger partial charge in [0.1, 0.15) is 29.8 Å². The van der Waals surface area contributed by atoms with Gasteiger partial charge in [0, 0.05) is 62.7 Å². The van der Waals surface area contributed by atoms with Crippen LogP contribution >= 0.6 is 30.4 Å². The standard InChI is InChI=1S/C50H75INO15P/c1-11-35-22-29(2)21-30(3)23-43(61-8)46-44(62-9)25-32(5)50(58,65-46)47(55)48(56)52-20-13-12-17-38(52)49(57)64-45(33(6)39(53)28-40(35)54)31(4)24-34-18-19-41(42(26-34)60-7)67-68(59,63-10)66-37-16-14-15-36(51)27-37/h14-16,22,24,27,30,32-35,38-39,41-46,53,58H,11-13,17-21,23,25-26,28H2,1-10H3/b29-22+,31-24+/t30-,32+,33+,34-,35+,38-,39?,41+,42+,43-,44-,45+,46+,50+,68?/m0/s1. The molecule has 1 aromatic carbocycles. The van der Waals surface area contributed by atoms with E-state index < -0.39 is 97.8 Å². The first-order valence-electron chi connectivity index (χ1n) is 24.1. The number of phosphoric ester groups is 1. The van der Waals surface area contributed by atoms with Crippen LogP contribution in [0.3, 0.4) is 0 Å². The van der Waals surface area contributed by atoms with E-state index in [9.17, 15) is 34.0 Å². The number of ether oxygens (including phenoxy) is 5. The Bertz CT molecular complexity index is 2010. The fourth-order valence-electron chi connectivity index (χ4n) is 10.4. The van der Waals surface area contributed by atoms with Crippen molar-refractivity contribution in [3.05, 3.63) is 51.1 Å². The van der Waals surface area contributed by atoms with Gasteiger partial charge in [0.05, 0.1) is 30.5 Å². The number of Topliss-reactive ketones (excluding diaryl/α,β-unsaturated/α-hetero) is 2. The predicted octanol–water partition coefficient (Wildman–Crippen LogP) is 7.94. The number of esters is 1. The van der Waals surface area contributed by atoms with E-state index in [2.05, 4.69) is 22.6 Å². The van der Waals surface area contributed by atoms with E-state index in [1.165, 1.54) is 26.2 Å². The number of aliphatic hydroxyl groups is 2. The Hall–Kier alpha value is -2.58. The molecule has 5 rings (SSSR count). The summed E-state index contributed by atoms with van der Waals surface area (Å²) >= 11 is 2.13. The summed E-state index contributed by atoms with van der Waals surface area (Å²) in [5, 5.41) is 24.0. The summed E-state index contributed by atoms with van der Waals surface area (Å²) in [4.78, 5) is 58.5. The topological polar surface area (TPSA) is 203 Å². The fourth-order valence-corrected chi connectivity index (χ4v) is 12.1. The summed E-state index contributed by atoms with van der Waals surface area (Å²) in [7, 11) is 1.80. The van der Waals surface area contributed by atoms with E-state index in [0.29, 0.717) is 62.7 Å². The first-order valence-corrected chi connectivity index (χ1v) is 26.6. The van der Waals surface area contributed by atoms with Crippen molar-refractivity contribution >= 4 is 53.9 Å². The number of rotatable bonds is 11. The van der Waals surface area contributed by atoms with E-state index in [-0.39, 0.29) is 43.4 Å². The number of methoxy groups -OCH3 is 3. The molecule has 2 bridgehead atoms. The monoisotopic (exact) mass is 1090 g/mol. The Balaban J connectivity index is 1.47. The minimum Gasteiger partial charge on any atom is -0.456 e. The first-order chi connectivity index (χ1) is 32.2. The molecule has 16 nitrogen and oxygen atoms in total. The van der Waals surface area contributed by atoms with Crippen LogP contribution in [0.4, 0.5) is 0 Å². The molecule has 382 valence electrons. The Morgan fingerprint density at radius 3 is 2.28 bits per heavy atom. The van der Waals surface area contributed by atoms with Crippen molar-refractivity contribution in [1.82, 2.24) is 4.90 Å². The zero-order valence-corrected chi connectivity index (χ0v) is 44.5. The smallest absolute Gasteiger partial charge is 0.456 e. The van der Waals surface area contributed by atoms with Crippen LogP contribution in [0.5, 0.6) is 5.75 Å². The molecule has 0 radical (unpaired) electrons. The Labute approximate surface area is 416 Å². The lowest BCUT2D eigenvalue weighted by Gasteiger charge is -2.47. The number of fused-ring (bicyclic) bond motifs is 3. The number of aliphatic hydroxyl groups excluding tert-OH is 1. The van der Waals surface area contributed by atoms with E-state index in [4.69, 9.17) is 37.3 Å². The molecule has 2 N–H and O–H groups in total. The van der Waals surface area contributed by atoms with Gasteiger partial charge in [-0.3, -0.25) is 23.4 Å². The first kappa shape index (κ1) is 56.3. The molecule has 1 aliphatic carbocycles. The molecule has 1 saturated carbocycles. The SMILES string of the molecule is CC[C@@H]1/C=C(\C)C[C@H](C)C[C@H](OC)[C@H]2O[C@@](O)(C(=O)C(=O)N3CCCC[C@H]3C(=O)O[C@H](/C(C)=C/[C@@H]3CC[C@@H](OP(=O)(OC)Oc4cccc(I)c4)[C@H](OC)C3)[C@H](C)C(O)CC1=O)[C@H](C)C[C@@H]2OC. The van der Waals surface area contributed by atoms with Gasteiger partial charge in [-0.2, -0.15) is 0 Å². The second-order valence-corrected chi connectivity index (χ2v) is 22.3. The minimum absolute atomic E-state index is 0.00817. The predicted molar refractivity (Wildman–Crippen MR) is 261 cm³/mol. The number of amides is 1. The lowest BCUT2D eigenvalue weighted by Crippen LogP contribution is -2.64. The Kier molecular flexibility index (Phi) is 20.9. The third-order valence-electron chi connectivity index (χ3n) is 14.4. The molecule has 0 aromatic heterocycles. The van der Waals surface area contributed by atoms with Gasteiger partial charge < -0.3 is 43.3 Å². The van der Waals surface area contributed by atoms with Crippen LogP contribution in [0.1, 0.15) is 112 Å². The highest BCUT2D eigenvalue weighted by Crippen LogP contribution is 2.52. The molecule has 3 aliphatic heterocycles. The summed E-state index contributed by atoms with van der Waals surface area (Å²) in [5.41, 5.74) is 1.58. The molecule has 2 saturated heterocycles. The van der Waals surface area contributed by atoms with E-state index in [0.717, 1.165) is 9.14 Å². The fraction of sp³-hybridized carbons (Fsp3) is 0.720. The number of ketones is 2. The average molecular weight is 1090 g/mol. The molecular weight excluding hydrogens is 1010 g/mol. The number of allylic oxidation sites excluding steroid dienone is 3. The number of hydrogen-bond donors (Lipinski definition) is 2. The summed E-state index contributed by atoms with van der Waals surface area (Å²) in [5.74, 6) is -7.64. The van der Waals surface area contributed by atoms with Gasteiger partial charge >= 0.3 is 13.8 Å². The second-order valence-electron chi connectivity index (χ2n) is 19.4. The molecular formula is C50H75INO15P. The molecule has 15 atom stereocenters. The van der Waals surface area contributed by atoms with Crippen molar-refractivity contribution in [3.8, 4) is 5.75 Å². The highest BCUT2D eigenvalue weighted by Gasteiger charge is 2.56. The summed E-state index contributed by atoms with van der Waals surface area (Å²) < 4.78 is 61.9. The number of hydrogen-bond acceptors (Lipinski definition) is 15. The van der Waals surface area contributed by atoms with Crippen molar-refractivity contribution in [2.45, 2.75) is 167 Å². The van der Waals surface area contributed by atoms with Crippen LogP contribution in [0.15, 0.2) is 47.6 Å². The van der Waals surface area contributed by atoms with Crippen molar-refractivity contribution < 1.29 is 71.2 Å². The van der Waals surface area contributed by atoms with E-state index >= 15 is 0 Å². The largest absolute Gasteiger partial charge is 0.530 e. The van der Waals surface area contributed by atoms with Crippen LogP contribution in [0, 0.1) is 33.2 Å². The summed E-state index contributed by atoms with van der Waals surface area (Å²) in [6, 6.07) is 5.84. The van der Waals surface area contributed by atoms with Gasteiger partial charge in [0.2, 0.25) is 5.79 Å². The molecule has 2 unspecified atom stereocenters. The van der Waals surface area contributed by atoms with Crippen LogP contribution in [0.2, 0.25) is 0 Å². The second kappa shape index (κ2) is 25.2. The molecule has 0 spiro atoms. The third kappa shape index (κ3) is 13.9. The lowest BCUT2D eigenvalue weighted by molar-refractivity contribution is -0.302. The quantitative estimate of drug-likeness (QED) is 0.0710. The molecule has 1 aromatic rings. The van der Waals surface area contributed by atoms with Crippen LogP contribution in [-0.4, -0.2) is 128 Å². The van der Waals surface area contributed by atoms with Crippen molar-refractivity contribution in [1.29, 1.82) is 0 Å². The van der Waals surface area contributed by atoms with Crippen LogP contribution in [0.25, 0.3) is 0 Å². The maximum atomic E-state index is 14.6. The van der Waals surface area contributed by atoms with Gasteiger partial charge in [-0.15, -0.1) is 0 Å². The van der Waals surface area contributed by atoms with Crippen molar-refractivity contribution in [2.75, 3.05) is 35.0 Å². The minimum atomic E-state index is -4.05. The normalized spacial score (nSPS) is 37.2. The zero-order valence-electron chi connectivity index (χ0n) is 41.4. The number of cyclic esters (lactones) is 1. The van der Waals surface area contributed by atoms with Gasteiger partial charge in [0.15, 0.2) is 0 Å². The van der Waals surface area contributed by atoms with Gasteiger partial charge in [-0.05, 0) is 136 Å². The molecule has 4 aliphatic rings. The highest BCUT2D eigenvalue weighted by molar-refractivity contribution is 14.1. The van der Waals surface area contributed by atoms with E-state index in [1.807, 2.05) is 39.0 Å². The molecule has 3 heterocycles. The van der Waals surface area contributed by atoms with E-state index in [1.54, 1.807) is 46.1 Å². The van der Waals surface area contributed by atoms with Gasteiger partial charge in [0.25, 0.3) is 11.7 Å². The van der Waals surface area contributed by atoms with Gasteiger partial charge in [-0.25, -0.2) is 9.36 Å². The number of nitrogens with zero attached hydrogens (tertiary/aromatic N) is 1. The maximum absolute atomic E-state index is 14.6. The molecule has 18 heteroatoms. The van der Waals surface area contributed by atoms with Crippen LogP contribution in [-0.2, 0) is 56.5 Å². The summed E-state index contributed by atoms with van der Waals surface area (Å²) in [6.07, 6.45) is 2.59. The Morgan fingerprint density at radius 2 is 1.63 bits per heavy atom. The maximum Gasteiger partial charge on any atom is 0.530 e. The number of carbonyl (C=O) groups is 4. The third-order valence-corrected chi connectivity index (χ3v) is 16.5. The highest BCUT2D eigenvalue weighted by atomic mass is 127. The van der Waals surface area contributed by atoms with Crippen molar-refractivity contribution in [3.63, 3.8) is 0 Å². The number of carbonyl (C=O) groups excluding carboxylic acids is 4. The molecule has 3 fully saturated rings. The Morgan fingerprint density at radius 1 is 0.941 bits per heavy atom. The van der Waals surface area contributed by atoms with Crippen LogP contribution < -0.4 is 4.52 Å². The average Bonchev–Trinajstić information content (AvgIpc) is 3.31. The van der Waals surface area contributed by atoms with Crippen molar-refractivity contribution in [2.24, 2.45) is 29.6 Å². The number of benzene rings is 1. The zero-order chi connectivity index (χ0) is 50.1. The molecule has 68 heavy (non-hydrogen) atoms. The van der Waals surface area contributed by atoms with Gasteiger partial charge in [-0.1, -0.05) is 51.5 Å². The lowest BCUT2D eigenvalue weighted by atomic mass is 9.81. The summed E-state index contributed by atoms with van der Waals surface area (Å²) in [6.45, 7) is 11.1. The number of phosphoric acid groups is 1.